The summed E-state index contributed by atoms with van der Waals surface area (Å²) in [4.78, 5) is 4.26. The van der Waals surface area contributed by atoms with Crippen molar-refractivity contribution < 1.29 is 0 Å². The molecule has 0 amide bonds. The molecule has 0 aliphatic heterocycles. The molecule has 0 radical (unpaired) electrons. The Balaban J connectivity index is 2.95. The van der Waals surface area contributed by atoms with Crippen molar-refractivity contribution in [2.45, 2.75) is 26.7 Å². The van der Waals surface area contributed by atoms with Crippen LogP contribution in [0.5, 0.6) is 0 Å². The molecule has 1 heterocycles. The molecule has 0 aliphatic carbocycles. The second-order valence-corrected chi connectivity index (χ2v) is 4.29. The molecule has 0 spiro atoms. The van der Waals surface area contributed by atoms with Gasteiger partial charge in [0.25, 0.3) is 0 Å². The van der Waals surface area contributed by atoms with Crippen molar-refractivity contribution in [1.82, 2.24) is 4.98 Å². The highest BCUT2D eigenvalue weighted by atomic mass is 127. The van der Waals surface area contributed by atoms with Crippen LogP contribution in [-0.4, -0.2) is 10.7 Å². The van der Waals surface area contributed by atoms with Crippen molar-refractivity contribution in [3.63, 3.8) is 0 Å². The van der Waals surface area contributed by atoms with Gasteiger partial charge in [0.1, 0.15) is 0 Å². The van der Waals surface area contributed by atoms with Gasteiger partial charge in [0.05, 0.1) is 11.4 Å². The van der Waals surface area contributed by atoms with Gasteiger partial charge in [-0.25, -0.2) is 0 Å². The van der Waals surface area contributed by atoms with Crippen LogP contribution >= 0.6 is 22.6 Å². The number of aryl methyl sites for hydroxylation is 1. The summed E-state index contributed by atoms with van der Waals surface area (Å²) in [5.74, 6) is 0. The lowest BCUT2D eigenvalue weighted by molar-refractivity contribution is 0.976. The molecule has 0 aliphatic rings. The summed E-state index contributed by atoms with van der Waals surface area (Å²) >= 11 is 2.23. The fourth-order valence-corrected chi connectivity index (χ4v) is 1.83. The van der Waals surface area contributed by atoms with E-state index in [2.05, 4.69) is 40.6 Å². The molecule has 0 saturated carbocycles. The van der Waals surface area contributed by atoms with Crippen molar-refractivity contribution in [1.29, 1.82) is 5.41 Å². The predicted molar refractivity (Wildman–Crippen MR) is 63.4 cm³/mol. The topological polar surface area (TPSA) is 36.7 Å². The predicted octanol–water partition coefficient (Wildman–Crippen LogP) is 3.16. The van der Waals surface area contributed by atoms with Gasteiger partial charge in [0.15, 0.2) is 0 Å². The molecular weight excluding hydrogens is 275 g/mol. The lowest BCUT2D eigenvalue weighted by Gasteiger charge is -2.05. The van der Waals surface area contributed by atoms with Gasteiger partial charge in [0, 0.05) is 9.77 Å². The van der Waals surface area contributed by atoms with Gasteiger partial charge >= 0.3 is 0 Å². The van der Waals surface area contributed by atoms with Crippen LogP contribution in [0.3, 0.4) is 0 Å². The fourth-order valence-electron chi connectivity index (χ4n) is 1.22. The molecule has 70 valence electrons. The Morgan fingerprint density at radius 3 is 2.85 bits per heavy atom. The van der Waals surface area contributed by atoms with E-state index in [0.29, 0.717) is 5.71 Å². The minimum absolute atomic E-state index is 0.649. The molecule has 13 heavy (non-hydrogen) atoms. The Bertz CT molecular complexity index is 321. The van der Waals surface area contributed by atoms with E-state index in [1.54, 1.807) is 0 Å². The monoisotopic (exact) mass is 288 g/mol. The molecule has 3 heteroatoms. The van der Waals surface area contributed by atoms with E-state index < -0.39 is 0 Å². The van der Waals surface area contributed by atoms with Gasteiger partial charge in [0.2, 0.25) is 0 Å². The van der Waals surface area contributed by atoms with Gasteiger partial charge in [-0.05, 0) is 47.6 Å². The zero-order valence-corrected chi connectivity index (χ0v) is 10.1. The van der Waals surface area contributed by atoms with Crippen molar-refractivity contribution in [2.24, 2.45) is 0 Å². The van der Waals surface area contributed by atoms with Gasteiger partial charge in [-0.1, -0.05) is 13.3 Å². The number of pyridine rings is 1. The number of nitrogens with zero attached hydrogens (tertiary/aromatic N) is 1. The molecule has 0 fully saturated rings. The maximum absolute atomic E-state index is 7.78. The van der Waals surface area contributed by atoms with Crippen molar-refractivity contribution in [3.05, 3.63) is 27.1 Å². The fraction of sp³-hybridized carbons (Fsp3) is 0.400. The standard InChI is InChI=1S/C10H13IN2/c1-3-4-9(12)10-7(2)5-8(11)6-13-10/h5-6,12H,3-4H2,1-2H3. The summed E-state index contributed by atoms with van der Waals surface area (Å²) in [5.41, 5.74) is 2.60. The normalized spacial score (nSPS) is 10.1. The maximum atomic E-state index is 7.78. The first-order chi connectivity index (χ1) is 6.15. The first-order valence-electron chi connectivity index (χ1n) is 4.35. The molecule has 0 saturated heterocycles. The molecule has 1 rings (SSSR count). The number of hydrogen-bond acceptors (Lipinski definition) is 2. The third-order valence-electron chi connectivity index (χ3n) is 1.83. The first kappa shape index (κ1) is 10.6. The van der Waals surface area contributed by atoms with Crippen LogP contribution < -0.4 is 0 Å². The quantitative estimate of drug-likeness (QED) is 0.673. The van der Waals surface area contributed by atoms with Crippen LogP contribution in [0.2, 0.25) is 0 Å². The van der Waals surface area contributed by atoms with Gasteiger partial charge < -0.3 is 5.41 Å². The summed E-state index contributed by atoms with van der Waals surface area (Å²) in [7, 11) is 0. The van der Waals surface area contributed by atoms with E-state index in [4.69, 9.17) is 5.41 Å². The Morgan fingerprint density at radius 1 is 1.62 bits per heavy atom. The molecule has 1 aromatic heterocycles. The van der Waals surface area contributed by atoms with Gasteiger partial charge in [-0.15, -0.1) is 0 Å². The zero-order chi connectivity index (χ0) is 9.84. The lowest BCUT2D eigenvalue weighted by Crippen LogP contribution is -2.04. The average molecular weight is 288 g/mol. The van der Waals surface area contributed by atoms with E-state index in [0.717, 1.165) is 27.7 Å². The molecule has 0 aromatic carbocycles. The van der Waals surface area contributed by atoms with E-state index in [1.807, 2.05) is 13.1 Å². The number of aromatic nitrogens is 1. The van der Waals surface area contributed by atoms with E-state index in [1.165, 1.54) is 0 Å². The highest BCUT2D eigenvalue weighted by Gasteiger charge is 2.05. The molecule has 1 aromatic rings. The smallest absolute Gasteiger partial charge is 0.0867 e. The number of hydrogen-bond donors (Lipinski definition) is 1. The second kappa shape index (κ2) is 4.69. The minimum atomic E-state index is 0.649. The van der Waals surface area contributed by atoms with E-state index >= 15 is 0 Å². The zero-order valence-electron chi connectivity index (χ0n) is 7.89. The third-order valence-corrected chi connectivity index (χ3v) is 2.42. The minimum Gasteiger partial charge on any atom is -0.303 e. The van der Waals surface area contributed by atoms with Crippen LogP contribution in [0.1, 0.15) is 31.0 Å². The Morgan fingerprint density at radius 2 is 2.31 bits per heavy atom. The molecule has 1 N–H and O–H groups in total. The highest BCUT2D eigenvalue weighted by molar-refractivity contribution is 14.1. The Hall–Kier alpha value is -0.450. The molecule has 0 atom stereocenters. The highest BCUT2D eigenvalue weighted by Crippen LogP contribution is 2.11. The summed E-state index contributed by atoms with van der Waals surface area (Å²) in [6.07, 6.45) is 3.63. The number of halogens is 1. The van der Waals surface area contributed by atoms with Crippen LogP contribution in [0, 0.1) is 15.9 Å². The second-order valence-electron chi connectivity index (χ2n) is 3.05. The maximum Gasteiger partial charge on any atom is 0.0867 e. The molecule has 0 unspecified atom stereocenters. The lowest BCUT2D eigenvalue weighted by atomic mass is 10.1. The summed E-state index contributed by atoms with van der Waals surface area (Å²) < 4.78 is 1.13. The van der Waals surface area contributed by atoms with Crippen LogP contribution in [-0.2, 0) is 0 Å². The number of rotatable bonds is 3. The Labute approximate surface area is 92.4 Å². The Kier molecular flexibility index (Phi) is 3.84. The first-order valence-corrected chi connectivity index (χ1v) is 5.43. The SMILES string of the molecule is CCCC(=N)c1ncc(I)cc1C. The van der Waals surface area contributed by atoms with Gasteiger partial charge in [-0.2, -0.15) is 0 Å². The van der Waals surface area contributed by atoms with Crippen LogP contribution in [0.25, 0.3) is 0 Å². The van der Waals surface area contributed by atoms with Gasteiger partial charge in [-0.3, -0.25) is 4.98 Å². The van der Waals surface area contributed by atoms with E-state index in [-0.39, 0.29) is 0 Å². The van der Waals surface area contributed by atoms with Crippen molar-refractivity contribution in [2.75, 3.05) is 0 Å². The summed E-state index contributed by atoms with van der Waals surface area (Å²) in [6.45, 7) is 4.09. The molecule has 0 bridgehead atoms. The summed E-state index contributed by atoms with van der Waals surface area (Å²) in [5, 5.41) is 7.78. The van der Waals surface area contributed by atoms with E-state index in [9.17, 15) is 0 Å². The summed E-state index contributed by atoms with van der Waals surface area (Å²) in [6, 6.07) is 2.06. The van der Waals surface area contributed by atoms with Crippen LogP contribution in [0.15, 0.2) is 12.3 Å². The average Bonchev–Trinajstić information content (AvgIpc) is 2.04. The van der Waals surface area contributed by atoms with Crippen molar-refractivity contribution in [3.8, 4) is 0 Å². The van der Waals surface area contributed by atoms with Crippen molar-refractivity contribution >= 4 is 28.3 Å². The molecule has 2 nitrogen and oxygen atoms in total. The third kappa shape index (κ3) is 2.76. The largest absolute Gasteiger partial charge is 0.303 e. The van der Waals surface area contributed by atoms with Crippen LogP contribution in [0.4, 0.5) is 0 Å². The number of nitrogens with one attached hydrogen (secondary N) is 1. The molecular formula is C10H13IN2.